The van der Waals surface area contributed by atoms with E-state index in [2.05, 4.69) is 34.7 Å². The molecular formula is C19H33IN4O2. The minimum atomic E-state index is -0.660. The minimum Gasteiger partial charge on any atom is -0.376 e. The standard InChI is InChI=1S/C19H32N4O2.HI/c1-5-21-18(23-14-19(3,4)17(20)24)22-11-15(2)12-25-13-16-9-7-6-8-10-16;/h6-10,15H,5,11-14H2,1-4H3,(H2,20,24)(H2,21,22,23);1H. The van der Waals surface area contributed by atoms with Crippen LogP contribution in [0.5, 0.6) is 0 Å². The zero-order valence-corrected chi connectivity index (χ0v) is 18.6. The summed E-state index contributed by atoms with van der Waals surface area (Å²) in [5, 5.41) is 6.46. The van der Waals surface area contributed by atoms with Gasteiger partial charge in [0.25, 0.3) is 0 Å². The maximum Gasteiger partial charge on any atom is 0.224 e. The summed E-state index contributed by atoms with van der Waals surface area (Å²) in [5.41, 5.74) is 5.90. The number of nitrogens with zero attached hydrogens (tertiary/aromatic N) is 1. The van der Waals surface area contributed by atoms with Crippen molar-refractivity contribution in [2.24, 2.45) is 22.1 Å². The first-order valence-corrected chi connectivity index (χ1v) is 8.79. The molecule has 0 radical (unpaired) electrons. The number of aliphatic imine (C=N–C) groups is 1. The number of rotatable bonds is 10. The Kier molecular flexibility index (Phi) is 12.2. The third kappa shape index (κ3) is 9.96. The number of guanidine groups is 1. The van der Waals surface area contributed by atoms with Crippen molar-refractivity contribution in [2.75, 3.05) is 26.2 Å². The normalized spacial score (nSPS) is 12.8. The van der Waals surface area contributed by atoms with E-state index >= 15 is 0 Å². The van der Waals surface area contributed by atoms with Crippen molar-refractivity contribution in [3.8, 4) is 0 Å². The second kappa shape index (κ2) is 12.9. The summed E-state index contributed by atoms with van der Waals surface area (Å²) < 4.78 is 5.76. The van der Waals surface area contributed by atoms with Crippen LogP contribution in [0.2, 0.25) is 0 Å². The Balaban J connectivity index is 0.00000625. The molecule has 0 saturated carbocycles. The molecule has 0 aliphatic rings. The molecule has 6 nitrogen and oxygen atoms in total. The number of ether oxygens (including phenoxy) is 1. The molecule has 0 spiro atoms. The third-order valence-corrected chi connectivity index (χ3v) is 3.78. The third-order valence-electron chi connectivity index (χ3n) is 3.78. The monoisotopic (exact) mass is 476 g/mol. The molecule has 1 amide bonds. The van der Waals surface area contributed by atoms with Crippen LogP contribution in [0.15, 0.2) is 35.3 Å². The molecule has 1 atom stereocenters. The summed E-state index contributed by atoms with van der Waals surface area (Å²) in [6, 6.07) is 10.1. The SMILES string of the molecule is CCNC(=NCC(C)(C)C(N)=O)NCC(C)COCc1ccccc1.I. The summed E-state index contributed by atoms with van der Waals surface area (Å²) in [4.78, 5) is 15.8. The highest BCUT2D eigenvalue weighted by Crippen LogP contribution is 2.13. The number of carbonyl (C=O) groups is 1. The number of hydrogen-bond acceptors (Lipinski definition) is 3. The molecule has 7 heteroatoms. The van der Waals surface area contributed by atoms with Crippen LogP contribution in [0, 0.1) is 11.3 Å². The molecule has 148 valence electrons. The van der Waals surface area contributed by atoms with Crippen LogP contribution in [0.25, 0.3) is 0 Å². The van der Waals surface area contributed by atoms with E-state index in [-0.39, 0.29) is 29.9 Å². The maximum absolute atomic E-state index is 11.4. The molecule has 1 unspecified atom stereocenters. The van der Waals surface area contributed by atoms with Gasteiger partial charge in [-0.25, -0.2) is 0 Å². The zero-order chi connectivity index (χ0) is 18.7. The average molecular weight is 476 g/mol. The van der Waals surface area contributed by atoms with Gasteiger partial charge in [0.2, 0.25) is 5.91 Å². The molecule has 0 fully saturated rings. The number of carbonyl (C=O) groups excluding carboxylic acids is 1. The summed E-state index contributed by atoms with van der Waals surface area (Å²) in [6.45, 7) is 10.8. The predicted octanol–water partition coefficient (Wildman–Crippen LogP) is 2.52. The van der Waals surface area contributed by atoms with Crippen LogP contribution in [0.1, 0.15) is 33.3 Å². The van der Waals surface area contributed by atoms with Gasteiger partial charge in [-0.2, -0.15) is 0 Å². The molecule has 0 heterocycles. The van der Waals surface area contributed by atoms with Crippen molar-refractivity contribution >= 4 is 35.8 Å². The average Bonchev–Trinajstić information content (AvgIpc) is 2.58. The first-order valence-electron chi connectivity index (χ1n) is 8.79. The number of amides is 1. The summed E-state index contributed by atoms with van der Waals surface area (Å²) in [5.74, 6) is 0.665. The molecule has 1 aromatic carbocycles. The molecule has 1 rings (SSSR count). The smallest absolute Gasteiger partial charge is 0.224 e. The Labute approximate surface area is 174 Å². The Hall–Kier alpha value is -1.35. The number of primary amides is 1. The van der Waals surface area contributed by atoms with E-state index in [0.29, 0.717) is 31.6 Å². The molecule has 0 aliphatic carbocycles. The second-order valence-corrected chi connectivity index (χ2v) is 6.93. The van der Waals surface area contributed by atoms with Crippen LogP contribution in [-0.4, -0.2) is 38.1 Å². The number of benzene rings is 1. The quantitative estimate of drug-likeness (QED) is 0.275. The minimum absolute atomic E-state index is 0. The van der Waals surface area contributed by atoms with Crippen molar-refractivity contribution in [3.63, 3.8) is 0 Å². The van der Waals surface area contributed by atoms with Gasteiger partial charge in [0.05, 0.1) is 25.2 Å². The number of nitrogens with two attached hydrogens (primary N) is 1. The number of nitrogens with one attached hydrogen (secondary N) is 2. The molecule has 1 aromatic rings. The lowest BCUT2D eigenvalue weighted by Gasteiger charge is -2.20. The summed E-state index contributed by atoms with van der Waals surface area (Å²) in [7, 11) is 0. The van der Waals surface area contributed by atoms with Gasteiger partial charge in [-0.15, -0.1) is 24.0 Å². The molecule has 0 saturated heterocycles. The fourth-order valence-electron chi connectivity index (χ4n) is 1.98. The van der Waals surface area contributed by atoms with E-state index in [4.69, 9.17) is 10.5 Å². The van der Waals surface area contributed by atoms with Crippen molar-refractivity contribution < 1.29 is 9.53 Å². The highest BCUT2D eigenvalue weighted by molar-refractivity contribution is 14.0. The van der Waals surface area contributed by atoms with Gasteiger partial charge in [-0.05, 0) is 32.3 Å². The van der Waals surface area contributed by atoms with Crippen LogP contribution >= 0.6 is 24.0 Å². The molecular weight excluding hydrogens is 443 g/mol. The fourth-order valence-corrected chi connectivity index (χ4v) is 1.98. The van der Waals surface area contributed by atoms with E-state index in [9.17, 15) is 4.79 Å². The molecule has 26 heavy (non-hydrogen) atoms. The first-order chi connectivity index (χ1) is 11.8. The van der Waals surface area contributed by atoms with Crippen LogP contribution in [0.4, 0.5) is 0 Å². The maximum atomic E-state index is 11.4. The van der Waals surface area contributed by atoms with Crippen molar-refractivity contribution in [3.05, 3.63) is 35.9 Å². The van der Waals surface area contributed by atoms with Gasteiger partial charge in [0.1, 0.15) is 0 Å². The van der Waals surface area contributed by atoms with Crippen molar-refractivity contribution in [2.45, 2.75) is 34.3 Å². The summed E-state index contributed by atoms with van der Waals surface area (Å²) >= 11 is 0. The number of halogens is 1. The molecule has 0 bridgehead atoms. The Morgan fingerprint density at radius 3 is 2.50 bits per heavy atom. The van der Waals surface area contributed by atoms with Gasteiger partial charge in [0, 0.05) is 13.1 Å². The van der Waals surface area contributed by atoms with Crippen LogP contribution in [0.3, 0.4) is 0 Å². The van der Waals surface area contributed by atoms with E-state index < -0.39 is 5.41 Å². The lowest BCUT2D eigenvalue weighted by Crippen LogP contribution is -2.42. The van der Waals surface area contributed by atoms with E-state index in [1.165, 1.54) is 5.56 Å². The van der Waals surface area contributed by atoms with E-state index in [1.807, 2.05) is 25.1 Å². The second-order valence-electron chi connectivity index (χ2n) is 6.93. The highest BCUT2D eigenvalue weighted by atomic mass is 127. The van der Waals surface area contributed by atoms with Gasteiger partial charge in [0.15, 0.2) is 5.96 Å². The predicted molar refractivity (Wildman–Crippen MR) is 118 cm³/mol. The highest BCUT2D eigenvalue weighted by Gasteiger charge is 2.24. The van der Waals surface area contributed by atoms with Gasteiger partial charge >= 0.3 is 0 Å². The topological polar surface area (TPSA) is 88.7 Å². The van der Waals surface area contributed by atoms with E-state index in [0.717, 1.165) is 13.1 Å². The fraction of sp³-hybridized carbons (Fsp3) is 0.579. The zero-order valence-electron chi connectivity index (χ0n) is 16.2. The van der Waals surface area contributed by atoms with Gasteiger partial charge in [-0.1, -0.05) is 37.3 Å². The molecule has 0 aliphatic heterocycles. The van der Waals surface area contributed by atoms with Crippen molar-refractivity contribution in [1.29, 1.82) is 0 Å². The summed E-state index contributed by atoms with van der Waals surface area (Å²) in [6.07, 6.45) is 0. The van der Waals surface area contributed by atoms with Crippen LogP contribution < -0.4 is 16.4 Å². The lowest BCUT2D eigenvalue weighted by atomic mass is 9.93. The Bertz CT molecular complexity index is 550. The van der Waals surface area contributed by atoms with Crippen molar-refractivity contribution in [1.82, 2.24) is 10.6 Å². The molecule has 0 aromatic heterocycles. The van der Waals surface area contributed by atoms with Gasteiger partial charge < -0.3 is 21.1 Å². The van der Waals surface area contributed by atoms with Gasteiger partial charge in [-0.3, -0.25) is 9.79 Å². The van der Waals surface area contributed by atoms with E-state index in [1.54, 1.807) is 13.8 Å². The Morgan fingerprint density at radius 2 is 1.92 bits per heavy atom. The first kappa shape index (κ1) is 24.7. The Morgan fingerprint density at radius 1 is 1.27 bits per heavy atom. The molecule has 4 N–H and O–H groups in total. The lowest BCUT2D eigenvalue weighted by molar-refractivity contribution is -0.125. The largest absolute Gasteiger partial charge is 0.376 e. The van der Waals surface area contributed by atoms with Crippen LogP contribution in [-0.2, 0) is 16.1 Å². The number of hydrogen-bond donors (Lipinski definition) is 3.